The third kappa shape index (κ3) is 4.95. The first kappa shape index (κ1) is 18.2. The Balaban J connectivity index is 1.58. The van der Waals surface area contributed by atoms with E-state index < -0.39 is 0 Å². The Bertz CT molecular complexity index is 789. The molecule has 0 aliphatic heterocycles. The number of nitrogens with zero attached hydrogens (tertiary/aromatic N) is 1. The Hall–Kier alpha value is -2.61. The van der Waals surface area contributed by atoms with E-state index in [0.29, 0.717) is 6.61 Å². The number of ether oxygens (including phenoxy) is 1. The Kier molecular flexibility index (Phi) is 6.43. The fourth-order valence-corrected chi connectivity index (χ4v) is 3.09. The zero-order valence-corrected chi connectivity index (χ0v) is 15.7. The minimum Gasteiger partial charge on any atom is -0.494 e. The molecule has 3 rings (SSSR count). The summed E-state index contributed by atoms with van der Waals surface area (Å²) in [6, 6.07) is 21.5. The van der Waals surface area contributed by atoms with Crippen LogP contribution in [0.3, 0.4) is 0 Å². The lowest BCUT2D eigenvalue weighted by molar-refractivity contribution is 0.340. The number of aryl methyl sites for hydroxylation is 3. The molecule has 0 amide bonds. The zero-order chi connectivity index (χ0) is 18.2. The van der Waals surface area contributed by atoms with Gasteiger partial charge in [0.15, 0.2) is 0 Å². The number of benzene rings is 2. The number of hydrogen-bond acceptors (Lipinski definition) is 2. The molecular formula is C24H27NO. The topological polar surface area (TPSA) is 22.1 Å². The minimum absolute atomic E-state index is 0.699. The summed E-state index contributed by atoms with van der Waals surface area (Å²) in [6.07, 6.45) is 6.30. The van der Waals surface area contributed by atoms with E-state index in [1.807, 2.05) is 25.3 Å². The average Bonchev–Trinajstić information content (AvgIpc) is 2.69. The molecule has 1 aromatic heterocycles. The molecule has 0 fully saturated rings. The molecule has 0 aliphatic rings. The van der Waals surface area contributed by atoms with Crippen LogP contribution in [-0.2, 0) is 19.3 Å². The fraction of sp³-hybridized carbons (Fsp3) is 0.292. The molecule has 2 aromatic carbocycles. The molecule has 1 heterocycles. The second-order valence-corrected chi connectivity index (χ2v) is 6.56. The Morgan fingerprint density at radius 3 is 1.92 bits per heavy atom. The number of rotatable bonds is 8. The van der Waals surface area contributed by atoms with Crippen LogP contribution >= 0.6 is 0 Å². The largest absolute Gasteiger partial charge is 0.494 e. The SMILES string of the molecule is CCCc1ccc(CCc2ccc(-c3ccc(OCC)cc3)cc2)nc1. The summed E-state index contributed by atoms with van der Waals surface area (Å²) < 4.78 is 5.50. The first-order valence-corrected chi connectivity index (χ1v) is 9.54. The van der Waals surface area contributed by atoms with Crippen molar-refractivity contribution in [3.8, 4) is 16.9 Å². The van der Waals surface area contributed by atoms with Crippen LogP contribution in [0.4, 0.5) is 0 Å². The van der Waals surface area contributed by atoms with Gasteiger partial charge in [0, 0.05) is 11.9 Å². The van der Waals surface area contributed by atoms with E-state index in [1.165, 1.54) is 34.4 Å². The standard InChI is InChI=1S/C24H27NO/c1-3-5-20-9-15-23(25-18-20)14-8-19-6-10-21(11-7-19)22-12-16-24(17-13-22)26-4-2/h6-7,9-13,15-18H,3-5,8,14H2,1-2H3. The van der Waals surface area contributed by atoms with Gasteiger partial charge >= 0.3 is 0 Å². The molecule has 134 valence electrons. The van der Waals surface area contributed by atoms with Crippen molar-refractivity contribution < 1.29 is 4.74 Å². The molecule has 3 aromatic rings. The zero-order valence-electron chi connectivity index (χ0n) is 15.7. The van der Waals surface area contributed by atoms with Crippen molar-refractivity contribution in [2.24, 2.45) is 0 Å². The lowest BCUT2D eigenvalue weighted by Gasteiger charge is -2.07. The van der Waals surface area contributed by atoms with Crippen molar-refractivity contribution in [1.29, 1.82) is 0 Å². The molecule has 2 heteroatoms. The van der Waals surface area contributed by atoms with Crippen LogP contribution in [0.5, 0.6) is 5.75 Å². The maximum absolute atomic E-state index is 5.50. The van der Waals surface area contributed by atoms with Crippen molar-refractivity contribution in [2.45, 2.75) is 39.5 Å². The highest BCUT2D eigenvalue weighted by Crippen LogP contribution is 2.23. The van der Waals surface area contributed by atoms with Crippen molar-refractivity contribution in [1.82, 2.24) is 4.98 Å². The molecule has 0 unspecified atom stereocenters. The van der Waals surface area contributed by atoms with Crippen molar-refractivity contribution in [3.05, 3.63) is 83.7 Å². The van der Waals surface area contributed by atoms with Crippen molar-refractivity contribution in [2.75, 3.05) is 6.61 Å². The van der Waals surface area contributed by atoms with Gasteiger partial charge in [0.25, 0.3) is 0 Å². The van der Waals surface area contributed by atoms with Gasteiger partial charge < -0.3 is 4.74 Å². The maximum Gasteiger partial charge on any atom is 0.119 e. The summed E-state index contributed by atoms with van der Waals surface area (Å²) in [7, 11) is 0. The molecular weight excluding hydrogens is 318 g/mol. The lowest BCUT2D eigenvalue weighted by Crippen LogP contribution is -1.95. The summed E-state index contributed by atoms with van der Waals surface area (Å²) in [5, 5.41) is 0. The van der Waals surface area contributed by atoms with Gasteiger partial charge in [-0.1, -0.05) is 55.8 Å². The number of aromatic nitrogens is 1. The summed E-state index contributed by atoms with van der Waals surface area (Å²) in [6.45, 7) is 4.90. The van der Waals surface area contributed by atoms with Gasteiger partial charge in [0.05, 0.1) is 6.61 Å². The second-order valence-electron chi connectivity index (χ2n) is 6.56. The van der Waals surface area contributed by atoms with Gasteiger partial charge in [-0.3, -0.25) is 4.98 Å². The van der Waals surface area contributed by atoms with Crippen LogP contribution in [0, 0.1) is 0 Å². The quantitative estimate of drug-likeness (QED) is 0.508. The van der Waals surface area contributed by atoms with Gasteiger partial charge in [-0.05, 0) is 66.6 Å². The van der Waals surface area contributed by atoms with Crippen LogP contribution in [0.1, 0.15) is 37.1 Å². The first-order valence-electron chi connectivity index (χ1n) is 9.54. The highest BCUT2D eigenvalue weighted by atomic mass is 16.5. The third-order valence-electron chi connectivity index (χ3n) is 4.55. The molecule has 0 saturated heterocycles. The number of hydrogen-bond donors (Lipinski definition) is 0. The van der Waals surface area contributed by atoms with E-state index >= 15 is 0 Å². The number of pyridine rings is 1. The Morgan fingerprint density at radius 1 is 0.692 bits per heavy atom. The lowest BCUT2D eigenvalue weighted by atomic mass is 10.0. The molecule has 26 heavy (non-hydrogen) atoms. The van der Waals surface area contributed by atoms with E-state index in [2.05, 4.69) is 60.4 Å². The Morgan fingerprint density at radius 2 is 1.35 bits per heavy atom. The predicted octanol–water partition coefficient (Wildman–Crippen LogP) is 5.89. The van der Waals surface area contributed by atoms with E-state index in [-0.39, 0.29) is 0 Å². The van der Waals surface area contributed by atoms with Gasteiger partial charge in [-0.15, -0.1) is 0 Å². The smallest absolute Gasteiger partial charge is 0.119 e. The summed E-state index contributed by atoms with van der Waals surface area (Å²) in [5.74, 6) is 0.922. The molecule has 0 bridgehead atoms. The van der Waals surface area contributed by atoms with E-state index in [4.69, 9.17) is 4.74 Å². The summed E-state index contributed by atoms with van der Waals surface area (Å²) >= 11 is 0. The summed E-state index contributed by atoms with van der Waals surface area (Å²) in [5.41, 5.74) is 6.29. The maximum atomic E-state index is 5.50. The van der Waals surface area contributed by atoms with Gasteiger partial charge in [-0.2, -0.15) is 0 Å². The summed E-state index contributed by atoms with van der Waals surface area (Å²) in [4.78, 5) is 4.59. The average molecular weight is 345 g/mol. The minimum atomic E-state index is 0.699. The molecule has 0 atom stereocenters. The van der Waals surface area contributed by atoms with Crippen LogP contribution < -0.4 is 4.74 Å². The predicted molar refractivity (Wildman–Crippen MR) is 109 cm³/mol. The first-order chi connectivity index (χ1) is 12.8. The second kappa shape index (κ2) is 9.19. The fourth-order valence-electron chi connectivity index (χ4n) is 3.09. The van der Waals surface area contributed by atoms with E-state index in [0.717, 1.165) is 25.0 Å². The van der Waals surface area contributed by atoms with Crippen LogP contribution in [0.2, 0.25) is 0 Å². The monoisotopic (exact) mass is 345 g/mol. The van der Waals surface area contributed by atoms with Crippen LogP contribution in [0.25, 0.3) is 11.1 Å². The molecule has 0 N–H and O–H groups in total. The van der Waals surface area contributed by atoms with Gasteiger partial charge in [0.2, 0.25) is 0 Å². The third-order valence-corrected chi connectivity index (χ3v) is 4.55. The van der Waals surface area contributed by atoms with Crippen LogP contribution in [-0.4, -0.2) is 11.6 Å². The van der Waals surface area contributed by atoms with Crippen molar-refractivity contribution in [3.63, 3.8) is 0 Å². The van der Waals surface area contributed by atoms with E-state index in [1.54, 1.807) is 0 Å². The van der Waals surface area contributed by atoms with Crippen LogP contribution in [0.15, 0.2) is 66.9 Å². The van der Waals surface area contributed by atoms with Gasteiger partial charge in [0.1, 0.15) is 5.75 Å². The molecule has 0 saturated carbocycles. The molecule has 0 radical (unpaired) electrons. The molecule has 2 nitrogen and oxygen atoms in total. The highest BCUT2D eigenvalue weighted by molar-refractivity contribution is 5.64. The highest BCUT2D eigenvalue weighted by Gasteiger charge is 2.01. The van der Waals surface area contributed by atoms with Gasteiger partial charge in [-0.25, -0.2) is 0 Å². The molecule has 0 aliphatic carbocycles. The van der Waals surface area contributed by atoms with E-state index in [9.17, 15) is 0 Å². The normalized spacial score (nSPS) is 10.7. The Labute approximate surface area is 156 Å². The molecule has 0 spiro atoms. The van der Waals surface area contributed by atoms with Crippen molar-refractivity contribution >= 4 is 0 Å².